The van der Waals surface area contributed by atoms with Crippen LogP contribution in [0.5, 0.6) is 0 Å². The van der Waals surface area contributed by atoms with E-state index in [1.165, 1.54) is 0 Å². The van der Waals surface area contributed by atoms with Crippen LogP contribution in [0.2, 0.25) is 0 Å². The van der Waals surface area contributed by atoms with Gasteiger partial charge < -0.3 is 19.7 Å². The number of hydrogen-bond acceptors (Lipinski definition) is 4. The molecule has 1 rings (SSSR count). The summed E-state index contributed by atoms with van der Waals surface area (Å²) in [5.74, 6) is 0.799. The molecule has 0 saturated carbocycles. The number of rotatable bonds is 9. The summed E-state index contributed by atoms with van der Waals surface area (Å²) in [4.78, 5) is 18.9. The third kappa shape index (κ3) is 9.05. The molecule has 1 fully saturated rings. The number of ether oxygens (including phenoxy) is 2. The van der Waals surface area contributed by atoms with Crippen molar-refractivity contribution in [2.24, 2.45) is 10.9 Å². The molecule has 0 bridgehead atoms. The molecule has 0 aromatic heterocycles. The molecule has 1 N–H and O–H groups in total. The van der Waals surface area contributed by atoms with E-state index in [1.807, 2.05) is 13.8 Å². The van der Waals surface area contributed by atoms with E-state index in [9.17, 15) is 4.79 Å². The lowest BCUT2D eigenvalue weighted by molar-refractivity contribution is -0.149. The molecule has 0 spiro atoms. The minimum Gasteiger partial charge on any atom is -0.466 e. The van der Waals surface area contributed by atoms with Gasteiger partial charge in [0.05, 0.1) is 12.5 Å². The van der Waals surface area contributed by atoms with E-state index in [4.69, 9.17) is 14.5 Å². The van der Waals surface area contributed by atoms with Crippen molar-refractivity contribution in [2.45, 2.75) is 46.5 Å². The fraction of sp³-hybridized carbons (Fsp3) is 0.882. The SMILES string of the molecule is CCNC(=NCCCCOCC)N1CCCC(C(=O)OCC)C1.I. The van der Waals surface area contributed by atoms with Crippen LogP contribution in [0.4, 0.5) is 0 Å². The van der Waals surface area contributed by atoms with E-state index in [0.717, 1.165) is 64.5 Å². The van der Waals surface area contributed by atoms with Crippen LogP contribution in [0.1, 0.15) is 46.5 Å². The quantitative estimate of drug-likeness (QED) is 0.191. The van der Waals surface area contributed by atoms with Gasteiger partial charge in [0.2, 0.25) is 0 Å². The molecule has 7 heteroatoms. The van der Waals surface area contributed by atoms with E-state index >= 15 is 0 Å². The average molecular weight is 455 g/mol. The Hall–Kier alpha value is -0.570. The zero-order chi connectivity index (χ0) is 16.9. The number of carbonyl (C=O) groups is 1. The first-order valence-electron chi connectivity index (χ1n) is 9.00. The van der Waals surface area contributed by atoms with Crippen molar-refractivity contribution in [2.75, 3.05) is 46.0 Å². The molecule has 1 heterocycles. The summed E-state index contributed by atoms with van der Waals surface area (Å²) >= 11 is 0. The molecule has 1 unspecified atom stereocenters. The third-order valence-corrected chi connectivity index (χ3v) is 3.84. The lowest BCUT2D eigenvalue weighted by Gasteiger charge is -2.34. The van der Waals surface area contributed by atoms with Crippen LogP contribution in [-0.2, 0) is 14.3 Å². The monoisotopic (exact) mass is 455 g/mol. The normalized spacial score (nSPS) is 18.0. The molecule has 1 atom stereocenters. The number of nitrogens with zero attached hydrogens (tertiary/aromatic N) is 2. The van der Waals surface area contributed by atoms with E-state index in [-0.39, 0.29) is 35.9 Å². The van der Waals surface area contributed by atoms with Gasteiger partial charge in [-0.15, -0.1) is 24.0 Å². The molecule has 1 aliphatic rings. The summed E-state index contributed by atoms with van der Waals surface area (Å²) < 4.78 is 10.5. The van der Waals surface area contributed by atoms with Crippen molar-refractivity contribution in [3.63, 3.8) is 0 Å². The number of esters is 1. The van der Waals surface area contributed by atoms with Gasteiger partial charge >= 0.3 is 5.97 Å². The lowest BCUT2D eigenvalue weighted by atomic mass is 9.98. The number of halogens is 1. The summed E-state index contributed by atoms with van der Waals surface area (Å²) in [6, 6.07) is 0. The van der Waals surface area contributed by atoms with Gasteiger partial charge in [-0.25, -0.2) is 0 Å². The Bertz CT molecular complexity index is 367. The molecular formula is C17H34IN3O3. The molecule has 142 valence electrons. The van der Waals surface area contributed by atoms with Crippen LogP contribution in [0.15, 0.2) is 4.99 Å². The predicted molar refractivity (Wildman–Crippen MR) is 108 cm³/mol. The van der Waals surface area contributed by atoms with E-state index in [2.05, 4.69) is 17.1 Å². The summed E-state index contributed by atoms with van der Waals surface area (Å²) in [5.41, 5.74) is 0. The maximum atomic E-state index is 12.0. The number of carbonyl (C=O) groups excluding carboxylic acids is 1. The predicted octanol–water partition coefficient (Wildman–Crippen LogP) is 2.66. The molecule has 0 radical (unpaired) electrons. The number of nitrogens with one attached hydrogen (secondary N) is 1. The average Bonchev–Trinajstić information content (AvgIpc) is 2.57. The van der Waals surface area contributed by atoms with E-state index in [1.54, 1.807) is 0 Å². The first-order valence-corrected chi connectivity index (χ1v) is 9.00. The molecule has 0 aromatic rings. The standard InChI is InChI=1S/C17H33N3O3.HI/c1-4-18-17(19-11-7-8-13-22-5-2)20-12-9-10-15(14-20)16(21)23-6-3;/h15H,4-14H2,1-3H3,(H,18,19);1H. The topological polar surface area (TPSA) is 63.2 Å². The van der Waals surface area contributed by atoms with Crippen molar-refractivity contribution in [1.82, 2.24) is 10.2 Å². The summed E-state index contributed by atoms with van der Waals surface area (Å²) in [7, 11) is 0. The maximum Gasteiger partial charge on any atom is 0.310 e. The maximum absolute atomic E-state index is 12.0. The zero-order valence-corrected chi connectivity index (χ0v) is 17.7. The lowest BCUT2D eigenvalue weighted by Crippen LogP contribution is -2.48. The van der Waals surface area contributed by atoms with Gasteiger partial charge in [0, 0.05) is 39.4 Å². The van der Waals surface area contributed by atoms with Gasteiger partial charge in [0.25, 0.3) is 0 Å². The Kier molecular flexibility index (Phi) is 14.4. The number of guanidine groups is 1. The van der Waals surface area contributed by atoms with Gasteiger partial charge in [0.15, 0.2) is 5.96 Å². The Morgan fingerprint density at radius 3 is 2.71 bits per heavy atom. The minimum absolute atomic E-state index is 0. The first-order chi connectivity index (χ1) is 11.2. The van der Waals surface area contributed by atoms with Crippen LogP contribution in [0, 0.1) is 5.92 Å². The highest BCUT2D eigenvalue weighted by atomic mass is 127. The minimum atomic E-state index is -0.0789. The van der Waals surface area contributed by atoms with Crippen LogP contribution >= 0.6 is 24.0 Å². The number of likely N-dealkylation sites (tertiary alicyclic amines) is 1. The molecule has 1 aliphatic heterocycles. The zero-order valence-electron chi connectivity index (χ0n) is 15.4. The summed E-state index contributed by atoms with van der Waals surface area (Å²) in [5, 5.41) is 3.34. The second-order valence-corrected chi connectivity index (χ2v) is 5.68. The molecule has 0 amide bonds. The highest BCUT2D eigenvalue weighted by molar-refractivity contribution is 14.0. The molecular weight excluding hydrogens is 421 g/mol. The molecule has 0 aliphatic carbocycles. The number of hydrogen-bond donors (Lipinski definition) is 1. The molecule has 0 aromatic carbocycles. The van der Waals surface area contributed by atoms with Gasteiger partial charge in [-0.2, -0.15) is 0 Å². The van der Waals surface area contributed by atoms with Gasteiger partial charge in [-0.1, -0.05) is 0 Å². The van der Waals surface area contributed by atoms with Gasteiger partial charge in [0.1, 0.15) is 0 Å². The van der Waals surface area contributed by atoms with E-state index in [0.29, 0.717) is 13.2 Å². The van der Waals surface area contributed by atoms with Crippen molar-refractivity contribution >= 4 is 35.9 Å². The Labute approximate surface area is 163 Å². The molecule has 1 saturated heterocycles. The van der Waals surface area contributed by atoms with Crippen molar-refractivity contribution in [1.29, 1.82) is 0 Å². The van der Waals surface area contributed by atoms with Crippen molar-refractivity contribution in [3.05, 3.63) is 0 Å². The smallest absolute Gasteiger partial charge is 0.310 e. The van der Waals surface area contributed by atoms with Gasteiger partial charge in [-0.05, 0) is 46.5 Å². The van der Waals surface area contributed by atoms with Gasteiger partial charge in [-0.3, -0.25) is 9.79 Å². The Morgan fingerprint density at radius 2 is 2.04 bits per heavy atom. The number of unbranched alkanes of at least 4 members (excludes halogenated alkanes) is 1. The third-order valence-electron chi connectivity index (χ3n) is 3.84. The van der Waals surface area contributed by atoms with E-state index < -0.39 is 0 Å². The van der Waals surface area contributed by atoms with Crippen LogP contribution in [0.25, 0.3) is 0 Å². The second-order valence-electron chi connectivity index (χ2n) is 5.68. The van der Waals surface area contributed by atoms with Crippen molar-refractivity contribution in [3.8, 4) is 0 Å². The fourth-order valence-corrected chi connectivity index (χ4v) is 2.69. The van der Waals surface area contributed by atoms with Crippen LogP contribution < -0.4 is 5.32 Å². The summed E-state index contributed by atoms with van der Waals surface area (Å²) in [6.07, 6.45) is 3.95. The summed E-state index contributed by atoms with van der Waals surface area (Å²) in [6.45, 7) is 11.2. The Morgan fingerprint density at radius 1 is 1.25 bits per heavy atom. The Balaban J connectivity index is 0.00000529. The van der Waals surface area contributed by atoms with Crippen molar-refractivity contribution < 1.29 is 14.3 Å². The number of piperidine rings is 1. The highest BCUT2D eigenvalue weighted by Crippen LogP contribution is 2.18. The second kappa shape index (κ2) is 14.7. The molecule has 24 heavy (non-hydrogen) atoms. The van der Waals surface area contributed by atoms with Crippen LogP contribution in [0.3, 0.4) is 0 Å². The first kappa shape index (κ1) is 23.4. The largest absolute Gasteiger partial charge is 0.466 e. The number of aliphatic imine (C=N–C) groups is 1. The molecule has 6 nitrogen and oxygen atoms in total. The highest BCUT2D eigenvalue weighted by Gasteiger charge is 2.28. The fourth-order valence-electron chi connectivity index (χ4n) is 2.69. The van der Waals surface area contributed by atoms with Crippen LogP contribution in [-0.4, -0.2) is 62.8 Å².